The molecule has 1 aliphatic carbocycles. The van der Waals surface area contributed by atoms with Crippen molar-refractivity contribution < 1.29 is 24.7 Å². The predicted molar refractivity (Wildman–Crippen MR) is 124 cm³/mol. The number of nitrogens with two attached hydrogens (primary N) is 1. The predicted octanol–water partition coefficient (Wildman–Crippen LogP) is 2.90. The molecule has 0 aliphatic heterocycles. The van der Waals surface area contributed by atoms with E-state index in [-0.39, 0.29) is 36.9 Å². The Balaban J connectivity index is 1.29. The van der Waals surface area contributed by atoms with Gasteiger partial charge in [-0.05, 0) is 28.7 Å². The van der Waals surface area contributed by atoms with Crippen molar-refractivity contribution in [2.45, 2.75) is 24.5 Å². The zero-order chi connectivity index (χ0) is 24.2. The van der Waals surface area contributed by atoms with Crippen molar-refractivity contribution >= 4 is 17.6 Å². The lowest BCUT2D eigenvalue weighted by Gasteiger charge is -2.18. The number of aliphatic hydroxyl groups is 2. The standard InChI is InChI=1S/C24H24N4O6/c25-23-20(28(32)33)11-14(12-27-23)22(30)21(29)9-10-26-24(31)34-13-19-17-7-3-1-5-15(17)16-6-2-4-8-18(16)19/h1-8,11-12,19,21-22,29-30H,9-10,13H2,(H2,25,27)(H,26,31). The lowest BCUT2D eigenvalue weighted by molar-refractivity contribution is -0.384. The molecule has 2 aromatic carbocycles. The zero-order valence-electron chi connectivity index (χ0n) is 18.1. The summed E-state index contributed by atoms with van der Waals surface area (Å²) in [5, 5.41) is 34.1. The van der Waals surface area contributed by atoms with Crippen LogP contribution < -0.4 is 11.1 Å². The van der Waals surface area contributed by atoms with E-state index in [1.165, 1.54) is 0 Å². The van der Waals surface area contributed by atoms with E-state index in [4.69, 9.17) is 10.5 Å². The van der Waals surface area contributed by atoms with Gasteiger partial charge in [0.05, 0.1) is 11.0 Å². The molecule has 0 radical (unpaired) electrons. The number of anilines is 1. The second kappa shape index (κ2) is 9.86. The normalized spacial score (nSPS) is 14.1. The third-order valence-corrected chi connectivity index (χ3v) is 5.87. The number of hydrogen-bond donors (Lipinski definition) is 4. The van der Waals surface area contributed by atoms with E-state index < -0.39 is 28.9 Å². The molecule has 34 heavy (non-hydrogen) atoms. The summed E-state index contributed by atoms with van der Waals surface area (Å²) in [6, 6.07) is 17.1. The molecule has 1 heterocycles. The number of fused-ring (bicyclic) bond motifs is 3. The number of aliphatic hydroxyl groups excluding tert-OH is 2. The average Bonchev–Trinajstić information content (AvgIpc) is 3.16. The highest BCUT2D eigenvalue weighted by atomic mass is 16.6. The monoisotopic (exact) mass is 464 g/mol. The number of rotatable bonds is 8. The summed E-state index contributed by atoms with van der Waals surface area (Å²) in [6.07, 6.45) is -2.22. The van der Waals surface area contributed by atoms with Gasteiger partial charge in [0.1, 0.15) is 12.7 Å². The fourth-order valence-electron chi connectivity index (χ4n) is 4.14. The van der Waals surface area contributed by atoms with Crippen molar-refractivity contribution in [3.05, 3.63) is 87.6 Å². The highest BCUT2D eigenvalue weighted by Crippen LogP contribution is 2.44. The van der Waals surface area contributed by atoms with Crippen LogP contribution in [0.5, 0.6) is 0 Å². The Labute approximate surface area is 195 Å². The zero-order valence-corrected chi connectivity index (χ0v) is 18.1. The van der Waals surface area contributed by atoms with Crippen LogP contribution in [0.25, 0.3) is 11.1 Å². The van der Waals surface area contributed by atoms with Gasteiger partial charge in [0.15, 0.2) is 0 Å². The molecular weight excluding hydrogens is 440 g/mol. The second-order valence-electron chi connectivity index (χ2n) is 7.98. The molecule has 5 N–H and O–H groups in total. The fourth-order valence-corrected chi connectivity index (χ4v) is 4.14. The molecule has 1 amide bonds. The van der Waals surface area contributed by atoms with E-state index in [9.17, 15) is 25.1 Å². The van der Waals surface area contributed by atoms with Crippen LogP contribution in [0.4, 0.5) is 16.3 Å². The smallest absolute Gasteiger partial charge is 0.407 e. The Kier molecular flexibility index (Phi) is 6.71. The fraction of sp³-hybridized carbons (Fsp3) is 0.250. The third kappa shape index (κ3) is 4.68. The van der Waals surface area contributed by atoms with Gasteiger partial charge in [-0.3, -0.25) is 10.1 Å². The lowest BCUT2D eigenvalue weighted by Crippen LogP contribution is -2.30. The molecule has 0 spiro atoms. The Bertz CT molecular complexity index is 1170. The second-order valence-corrected chi connectivity index (χ2v) is 7.98. The number of carbonyl (C=O) groups is 1. The number of nitro groups is 1. The van der Waals surface area contributed by atoms with Gasteiger partial charge in [-0.2, -0.15) is 0 Å². The van der Waals surface area contributed by atoms with Gasteiger partial charge in [0.25, 0.3) is 0 Å². The van der Waals surface area contributed by atoms with E-state index >= 15 is 0 Å². The van der Waals surface area contributed by atoms with Crippen molar-refractivity contribution in [1.29, 1.82) is 0 Å². The number of carbonyl (C=O) groups excluding carboxylic acids is 1. The van der Waals surface area contributed by atoms with Crippen LogP contribution in [0, 0.1) is 10.1 Å². The Hall–Kier alpha value is -4.02. The topological polar surface area (TPSA) is 161 Å². The largest absolute Gasteiger partial charge is 0.449 e. The van der Waals surface area contributed by atoms with Gasteiger partial charge in [-0.15, -0.1) is 0 Å². The van der Waals surface area contributed by atoms with Crippen LogP contribution in [0.1, 0.15) is 35.1 Å². The van der Waals surface area contributed by atoms with Crippen molar-refractivity contribution in [3.63, 3.8) is 0 Å². The summed E-state index contributed by atoms with van der Waals surface area (Å²) in [6.45, 7) is 0.186. The third-order valence-electron chi connectivity index (χ3n) is 5.87. The van der Waals surface area contributed by atoms with Crippen LogP contribution in [0.15, 0.2) is 60.8 Å². The first kappa shape index (κ1) is 23.1. The molecule has 10 heteroatoms. The van der Waals surface area contributed by atoms with Gasteiger partial charge in [0.2, 0.25) is 5.82 Å². The molecule has 0 fully saturated rings. The SMILES string of the molecule is Nc1ncc(C(O)C(O)CCNC(=O)OCC2c3ccccc3-c3ccccc32)cc1[N+](=O)[O-]. The quantitative estimate of drug-likeness (QED) is 0.292. The van der Waals surface area contributed by atoms with Gasteiger partial charge in [-0.1, -0.05) is 48.5 Å². The number of benzene rings is 2. The Morgan fingerprint density at radius 1 is 1.15 bits per heavy atom. The van der Waals surface area contributed by atoms with Gasteiger partial charge in [0, 0.05) is 30.3 Å². The number of hydrogen-bond acceptors (Lipinski definition) is 8. The molecule has 4 rings (SSSR count). The molecule has 10 nitrogen and oxygen atoms in total. The molecule has 0 saturated carbocycles. The van der Waals surface area contributed by atoms with Crippen LogP contribution in [-0.4, -0.2) is 45.5 Å². The molecular formula is C24H24N4O6. The number of alkyl carbamates (subject to hydrolysis) is 1. The maximum Gasteiger partial charge on any atom is 0.407 e. The summed E-state index contributed by atoms with van der Waals surface area (Å²) >= 11 is 0. The number of amides is 1. The summed E-state index contributed by atoms with van der Waals surface area (Å²) in [5.41, 5.74) is 9.49. The van der Waals surface area contributed by atoms with Crippen LogP contribution in [-0.2, 0) is 4.74 Å². The van der Waals surface area contributed by atoms with E-state index in [1.54, 1.807) is 0 Å². The molecule has 0 bridgehead atoms. The molecule has 176 valence electrons. The Morgan fingerprint density at radius 2 is 1.76 bits per heavy atom. The van der Waals surface area contributed by atoms with Crippen molar-refractivity contribution in [1.82, 2.24) is 10.3 Å². The minimum atomic E-state index is -1.43. The number of nitrogens with zero attached hydrogens (tertiary/aromatic N) is 2. The van der Waals surface area contributed by atoms with Gasteiger partial charge in [-0.25, -0.2) is 9.78 Å². The van der Waals surface area contributed by atoms with Gasteiger partial charge >= 0.3 is 11.8 Å². The average molecular weight is 464 g/mol. The van der Waals surface area contributed by atoms with E-state index in [1.807, 2.05) is 48.5 Å². The van der Waals surface area contributed by atoms with E-state index in [0.29, 0.717) is 0 Å². The maximum atomic E-state index is 12.2. The van der Waals surface area contributed by atoms with E-state index in [0.717, 1.165) is 34.5 Å². The molecule has 0 saturated heterocycles. The van der Waals surface area contributed by atoms with Crippen molar-refractivity contribution in [2.75, 3.05) is 18.9 Å². The van der Waals surface area contributed by atoms with E-state index in [2.05, 4.69) is 10.3 Å². The number of nitrogens with one attached hydrogen (secondary N) is 1. The summed E-state index contributed by atoms with van der Waals surface area (Å²) in [4.78, 5) is 26.2. The lowest BCUT2D eigenvalue weighted by atomic mass is 9.98. The highest BCUT2D eigenvalue weighted by Gasteiger charge is 2.29. The first-order valence-electron chi connectivity index (χ1n) is 10.7. The summed E-state index contributed by atoms with van der Waals surface area (Å²) < 4.78 is 5.43. The molecule has 1 aromatic heterocycles. The first-order valence-corrected chi connectivity index (χ1v) is 10.7. The van der Waals surface area contributed by atoms with Crippen LogP contribution >= 0.6 is 0 Å². The maximum absolute atomic E-state index is 12.2. The summed E-state index contributed by atoms with van der Waals surface area (Å²) in [7, 11) is 0. The van der Waals surface area contributed by atoms with Crippen molar-refractivity contribution in [2.24, 2.45) is 0 Å². The van der Waals surface area contributed by atoms with Crippen molar-refractivity contribution in [3.8, 4) is 11.1 Å². The number of nitrogen functional groups attached to an aromatic ring is 1. The molecule has 3 aromatic rings. The van der Waals surface area contributed by atoms with Crippen LogP contribution in [0.3, 0.4) is 0 Å². The minimum Gasteiger partial charge on any atom is -0.449 e. The summed E-state index contributed by atoms with van der Waals surface area (Å²) in [5.74, 6) is -0.355. The van der Waals surface area contributed by atoms with Gasteiger partial charge < -0.3 is 26.0 Å². The van der Waals surface area contributed by atoms with Crippen LogP contribution in [0.2, 0.25) is 0 Å². The minimum absolute atomic E-state index is 0.0104. The number of pyridine rings is 1. The molecule has 1 aliphatic rings. The Morgan fingerprint density at radius 3 is 2.38 bits per heavy atom. The highest BCUT2D eigenvalue weighted by molar-refractivity contribution is 5.79. The number of ether oxygens (including phenoxy) is 1. The number of aromatic nitrogens is 1. The first-order chi connectivity index (χ1) is 16.4. The molecule has 2 atom stereocenters. The molecule has 2 unspecified atom stereocenters.